The molecule has 2 amide bonds. The Kier molecular flexibility index (Phi) is 3.08. The quantitative estimate of drug-likeness (QED) is 0.613. The monoisotopic (exact) mass is 271 g/mol. The summed E-state index contributed by atoms with van der Waals surface area (Å²) < 4.78 is 5.27. The van der Waals surface area contributed by atoms with E-state index in [1.807, 2.05) is 19.1 Å². The first kappa shape index (κ1) is 12.9. The highest BCUT2D eigenvalue weighted by Crippen LogP contribution is 2.41. The van der Waals surface area contributed by atoms with Gasteiger partial charge < -0.3 is 4.74 Å². The van der Waals surface area contributed by atoms with Crippen molar-refractivity contribution in [2.45, 2.75) is 19.8 Å². The van der Waals surface area contributed by atoms with Gasteiger partial charge in [-0.15, -0.1) is 0 Å². The average Bonchev–Trinajstić information content (AvgIpc) is 2.70. The maximum atomic E-state index is 12.6. The van der Waals surface area contributed by atoms with Gasteiger partial charge in [0.15, 0.2) is 0 Å². The molecule has 1 aliphatic heterocycles. The molecule has 0 bridgehead atoms. The molecule has 4 heteroatoms. The zero-order valence-electron chi connectivity index (χ0n) is 11.6. The second-order valence-corrected chi connectivity index (χ2v) is 5.39. The van der Waals surface area contributed by atoms with E-state index in [1.165, 1.54) is 10.5 Å². The standard InChI is InChI=1S/C16H17NO3/c1-10-7-8-11-12(9-10)16(19)17(15(11)18)13-5-3-4-6-14(13)20-2/h3-7,11-12H,8-9H2,1-2H3. The first-order valence-corrected chi connectivity index (χ1v) is 6.80. The molecule has 1 saturated heterocycles. The molecule has 2 unspecified atom stereocenters. The van der Waals surface area contributed by atoms with Gasteiger partial charge in [-0.2, -0.15) is 0 Å². The summed E-state index contributed by atoms with van der Waals surface area (Å²) >= 11 is 0. The van der Waals surface area contributed by atoms with Gasteiger partial charge in [-0.25, -0.2) is 4.90 Å². The minimum Gasteiger partial charge on any atom is -0.495 e. The Hall–Kier alpha value is -2.10. The Morgan fingerprint density at radius 2 is 1.85 bits per heavy atom. The lowest BCUT2D eigenvalue weighted by Gasteiger charge is -2.19. The highest BCUT2D eigenvalue weighted by molar-refractivity contribution is 6.22. The SMILES string of the molecule is COc1ccccc1N1C(=O)C2CC=C(C)CC2C1=O. The van der Waals surface area contributed by atoms with Crippen molar-refractivity contribution in [3.8, 4) is 5.75 Å². The zero-order chi connectivity index (χ0) is 14.3. The van der Waals surface area contributed by atoms with Crippen LogP contribution in [0, 0.1) is 11.8 Å². The van der Waals surface area contributed by atoms with E-state index in [0.29, 0.717) is 24.3 Å². The minimum absolute atomic E-state index is 0.100. The summed E-state index contributed by atoms with van der Waals surface area (Å²) in [6.07, 6.45) is 3.41. The van der Waals surface area contributed by atoms with Crippen molar-refractivity contribution < 1.29 is 14.3 Å². The number of hydrogen-bond acceptors (Lipinski definition) is 3. The molecule has 0 spiro atoms. The molecule has 1 heterocycles. The molecule has 2 atom stereocenters. The molecule has 104 valence electrons. The topological polar surface area (TPSA) is 46.6 Å². The summed E-state index contributed by atoms with van der Waals surface area (Å²) in [5.74, 6) is -0.0729. The van der Waals surface area contributed by atoms with Gasteiger partial charge >= 0.3 is 0 Å². The highest BCUT2D eigenvalue weighted by Gasteiger charge is 2.49. The van der Waals surface area contributed by atoms with E-state index in [4.69, 9.17) is 4.74 Å². The van der Waals surface area contributed by atoms with Crippen LogP contribution in [-0.4, -0.2) is 18.9 Å². The maximum absolute atomic E-state index is 12.6. The second kappa shape index (κ2) is 4.78. The number of rotatable bonds is 2. The third-order valence-electron chi connectivity index (χ3n) is 4.15. The van der Waals surface area contributed by atoms with Gasteiger partial charge in [-0.3, -0.25) is 9.59 Å². The summed E-state index contributed by atoms with van der Waals surface area (Å²) in [7, 11) is 1.54. The Balaban J connectivity index is 2.00. The fourth-order valence-corrected chi connectivity index (χ4v) is 3.09. The summed E-state index contributed by atoms with van der Waals surface area (Å²) in [6.45, 7) is 2.01. The van der Waals surface area contributed by atoms with E-state index in [9.17, 15) is 9.59 Å². The van der Waals surface area contributed by atoms with Crippen LogP contribution in [0.1, 0.15) is 19.8 Å². The molecule has 0 saturated carbocycles. The zero-order valence-corrected chi connectivity index (χ0v) is 11.6. The molecule has 3 rings (SSSR count). The Bertz CT molecular complexity index is 605. The van der Waals surface area contributed by atoms with Crippen LogP contribution < -0.4 is 9.64 Å². The van der Waals surface area contributed by atoms with Crippen molar-refractivity contribution in [1.82, 2.24) is 0 Å². The van der Waals surface area contributed by atoms with Crippen LogP contribution in [0.5, 0.6) is 5.75 Å². The lowest BCUT2D eigenvalue weighted by molar-refractivity contribution is -0.122. The van der Waals surface area contributed by atoms with Crippen LogP contribution in [0.25, 0.3) is 0 Å². The van der Waals surface area contributed by atoms with E-state index >= 15 is 0 Å². The van der Waals surface area contributed by atoms with Crippen molar-refractivity contribution in [3.63, 3.8) is 0 Å². The minimum atomic E-state index is -0.212. The van der Waals surface area contributed by atoms with Crippen LogP contribution >= 0.6 is 0 Å². The molecule has 4 nitrogen and oxygen atoms in total. The first-order valence-electron chi connectivity index (χ1n) is 6.80. The lowest BCUT2D eigenvalue weighted by Crippen LogP contribution is -2.31. The van der Waals surface area contributed by atoms with E-state index in [0.717, 1.165) is 0 Å². The molecule has 1 aliphatic carbocycles. The Morgan fingerprint density at radius 3 is 2.60 bits per heavy atom. The Morgan fingerprint density at radius 1 is 1.15 bits per heavy atom. The number of fused-ring (bicyclic) bond motifs is 1. The molecule has 1 fully saturated rings. The second-order valence-electron chi connectivity index (χ2n) is 5.39. The van der Waals surface area contributed by atoms with Gasteiger partial charge in [0.05, 0.1) is 24.6 Å². The molecule has 0 radical (unpaired) electrons. The molecule has 0 aromatic heterocycles. The molecular weight excluding hydrogens is 254 g/mol. The number of ether oxygens (including phenoxy) is 1. The van der Waals surface area contributed by atoms with Crippen molar-refractivity contribution >= 4 is 17.5 Å². The van der Waals surface area contributed by atoms with E-state index < -0.39 is 0 Å². The number of para-hydroxylation sites is 2. The smallest absolute Gasteiger partial charge is 0.238 e. The lowest BCUT2D eigenvalue weighted by atomic mass is 9.82. The number of nitrogens with zero attached hydrogens (tertiary/aromatic N) is 1. The van der Waals surface area contributed by atoms with Crippen molar-refractivity contribution in [2.24, 2.45) is 11.8 Å². The largest absolute Gasteiger partial charge is 0.495 e. The van der Waals surface area contributed by atoms with Gasteiger partial charge in [0.1, 0.15) is 5.75 Å². The number of carbonyl (C=O) groups is 2. The number of carbonyl (C=O) groups excluding carboxylic acids is 2. The fraction of sp³-hybridized carbons (Fsp3) is 0.375. The molecule has 1 aromatic carbocycles. The number of amides is 2. The summed E-state index contributed by atoms with van der Waals surface area (Å²) in [5.41, 5.74) is 1.74. The number of hydrogen-bond donors (Lipinski definition) is 0. The van der Waals surface area contributed by atoms with E-state index in [2.05, 4.69) is 6.08 Å². The number of allylic oxidation sites excluding steroid dienone is 2. The Labute approximate surface area is 118 Å². The van der Waals surface area contributed by atoms with Gasteiger partial charge in [0.2, 0.25) is 11.8 Å². The molecule has 1 aromatic rings. The van der Waals surface area contributed by atoms with E-state index in [-0.39, 0.29) is 23.7 Å². The number of anilines is 1. The van der Waals surface area contributed by atoms with Gasteiger partial charge in [0, 0.05) is 0 Å². The normalized spacial score (nSPS) is 25.5. The number of imide groups is 1. The fourth-order valence-electron chi connectivity index (χ4n) is 3.09. The maximum Gasteiger partial charge on any atom is 0.238 e. The van der Waals surface area contributed by atoms with Crippen LogP contribution in [0.2, 0.25) is 0 Å². The predicted octanol–water partition coefficient (Wildman–Crippen LogP) is 2.54. The highest BCUT2D eigenvalue weighted by atomic mass is 16.5. The van der Waals surface area contributed by atoms with Crippen LogP contribution in [0.3, 0.4) is 0 Å². The van der Waals surface area contributed by atoms with Crippen LogP contribution in [0.4, 0.5) is 5.69 Å². The summed E-state index contributed by atoms with van der Waals surface area (Å²) in [6, 6.07) is 7.16. The summed E-state index contributed by atoms with van der Waals surface area (Å²) in [5, 5.41) is 0. The van der Waals surface area contributed by atoms with Crippen LogP contribution in [-0.2, 0) is 9.59 Å². The molecular formula is C16H17NO3. The summed E-state index contributed by atoms with van der Waals surface area (Å²) in [4.78, 5) is 26.4. The number of benzene rings is 1. The van der Waals surface area contributed by atoms with Gasteiger partial charge in [0.25, 0.3) is 0 Å². The van der Waals surface area contributed by atoms with Gasteiger partial charge in [-0.05, 0) is 31.9 Å². The van der Waals surface area contributed by atoms with Crippen LogP contribution in [0.15, 0.2) is 35.9 Å². The first-order chi connectivity index (χ1) is 9.63. The van der Waals surface area contributed by atoms with E-state index in [1.54, 1.807) is 19.2 Å². The average molecular weight is 271 g/mol. The third-order valence-corrected chi connectivity index (χ3v) is 4.15. The third kappa shape index (κ3) is 1.83. The molecule has 0 N–H and O–H groups in total. The van der Waals surface area contributed by atoms with Gasteiger partial charge in [-0.1, -0.05) is 23.8 Å². The predicted molar refractivity (Wildman–Crippen MR) is 75.5 cm³/mol. The van der Waals surface area contributed by atoms with Crippen molar-refractivity contribution in [3.05, 3.63) is 35.9 Å². The number of methoxy groups -OCH3 is 1. The van der Waals surface area contributed by atoms with Crippen molar-refractivity contribution in [1.29, 1.82) is 0 Å². The molecule has 2 aliphatic rings. The van der Waals surface area contributed by atoms with Crippen molar-refractivity contribution in [2.75, 3.05) is 12.0 Å². The molecule has 20 heavy (non-hydrogen) atoms.